The van der Waals surface area contributed by atoms with Crippen molar-refractivity contribution in [3.8, 4) is 23.0 Å². The van der Waals surface area contributed by atoms with Crippen molar-refractivity contribution in [2.24, 2.45) is 0 Å². The van der Waals surface area contributed by atoms with E-state index >= 15 is 0 Å². The minimum Gasteiger partial charge on any atom is -0.493 e. The predicted octanol–water partition coefficient (Wildman–Crippen LogP) is 2.56. The molecule has 2 aromatic carbocycles. The first-order valence-electron chi connectivity index (χ1n) is 10.0. The second kappa shape index (κ2) is 11.7. The van der Waals surface area contributed by atoms with Crippen LogP contribution in [0.1, 0.15) is 20.8 Å². The Bertz CT molecular complexity index is 873. The summed E-state index contributed by atoms with van der Waals surface area (Å²) in [5, 5.41) is 5.59. The highest BCUT2D eigenvalue weighted by molar-refractivity contribution is 5.82. The number of methoxy groups -OCH3 is 2. The molecule has 3 atom stereocenters. The molecule has 0 bridgehead atoms. The second-order valence-electron chi connectivity index (χ2n) is 6.98. The summed E-state index contributed by atoms with van der Waals surface area (Å²) in [5.74, 6) is 1.46. The highest BCUT2D eigenvalue weighted by Gasteiger charge is 2.20. The summed E-state index contributed by atoms with van der Waals surface area (Å²) in [5.41, 5.74) is 0. The summed E-state index contributed by atoms with van der Waals surface area (Å²) in [4.78, 5) is 24.8. The first kappa shape index (κ1) is 23.9. The number of carbonyl (C=O) groups excluding carboxylic acids is 2. The van der Waals surface area contributed by atoms with Crippen LogP contribution >= 0.6 is 0 Å². The Labute approximate surface area is 182 Å². The predicted molar refractivity (Wildman–Crippen MR) is 117 cm³/mol. The number of nitrogens with one attached hydrogen (secondary N) is 2. The van der Waals surface area contributed by atoms with Crippen molar-refractivity contribution < 1.29 is 28.5 Å². The second-order valence-corrected chi connectivity index (χ2v) is 6.98. The molecule has 0 aromatic heterocycles. The lowest BCUT2D eigenvalue weighted by atomic mass is 10.2. The molecule has 0 heterocycles. The van der Waals surface area contributed by atoms with Gasteiger partial charge in [-0.2, -0.15) is 0 Å². The molecule has 0 aliphatic rings. The minimum absolute atomic E-state index is 0.242. The van der Waals surface area contributed by atoms with Gasteiger partial charge in [0, 0.05) is 12.6 Å². The van der Waals surface area contributed by atoms with Crippen LogP contribution in [0.15, 0.2) is 48.5 Å². The number of ether oxygens (including phenoxy) is 4. The average Bonchev–Trinajstić information content (AvgIpc) is 2.77. The van der Waals surface area contributed by atoms with Crippen molar-refractivity contribution >= 4 is 11.8 Å². The largest absolute Gasteiger partial charge is 0.493 e. The molecular weight excluding hydrogens is 400 g/mol. The van der Waals surface area contributed by atoms with Crippen LogP contribution in [0.25, 0.3) is 0 Å². The van der Waals surface area contributed by atoms with E-state index < -0.39 is 12.2 Å². The summed E-state index contributed by atoms with van der Waals surface area (Å²) in [6.45, 7) is 5.33. The Hall–Kier alpha value is -3.42. The van der Waals surface area contributed by atoms with Gasteiger partial charge in [-0.15, -0.1) is 0 Å². The zero-order valence-corrected chi connectivity index (χ0v) is 18.5. The zero-order valence-electron chi connectivity index (χ0n) is 18.5. The van der Waals surface area contributed by atoms with E-state index in [0.29, 0.717) is 23.0 Å². The monoisotopic (exact) mass is 430 g/mol. The highest BCUT2D eigenvalue weighted by atomic mass is 16.5. The number of hydrogen-bond acceptors (Lipinski definition) is 6. The molecule has 0 saturated carbocycles. The lowest BCUT2D eigenvalue weighted by molar-refractivity contribution is -0.129. The van der Waals surface area contributed by atoms with Crippen LogP contribution in [0.3, 0.4) is 0 Å². The van der Waals surface area contributed by atoms with Crippen LogP contribution in [0, 0.1) is 0 Å². The van der Waals surface area contributed by atoms with E-state index in [-0.39, 0.29) is 24.4 Å². The molecular formula is C23H30N2O6. The number of hydrogen-bond donors (Lipinski definition) is 2. The molecule has 0 spiro atoms. The minimum atomic E-state index is -0.734. The van der Waals surface area contributed by atoms with E-state index in [1.54, 1.807) is 57.2 Å². The zero-order chi connectivity index (χ0) is 22.8. The summed E-state index contributed by atoms with van der Waals surface area (Å²) in [6, 6.07) is 13.9. The van der Waals surface area contributed by atoms with Gasteiger partial charge < -0.3 is 29.6 Å². The molecule has 31 heavy (non-hydrogen) atoms. The van der Waals surface area contributed by atoms with Crippen molar-refractivity contribution in [1.82, 2.24) is 10.6 Å². The maximum Gasteiger partial charge on any atom is 0.261 e. The van der Waals surface area contributed by atoms with Gasteiger partial charge in [0.1, 0.15) is 0 Å². The molecule has 2 N–H and O–H groups in total. The first-order valence-corrected chi connectivity index (χ1v) is 10.0. The van der Waals surface area contributed by atoms with Gasteiger partial charge in [0.15, 0.2) is 35.2 Å². The van der Waals surface area contributed by atoms with Crippen molar-refractivity contribution in [1.29, 1.82) is 0 Å². The molecule has 2 rings (SSSR count). The van der Waals surface area contributed by atoms with Gasteiger partial charge in [0.25, 0.3) is 11.8 Å². The molecule has 0 saturated heterocycles. The van der Waals surface area contributed by atoms with Crippen molar-refractivity contribution in [3.63, 3.8) is 0 Å². The van der Waals surface area contributed by atoms with E-state index in [1.807, 2.05) is 12.1 Å². The SMILES string of the molecule is COc1ccccc1OC(C)C(=O)NCC(C)NC(=O)C(C)Oc1ccccc1OC. The van der Waals surface area contributed by atoms with Crippen LogP contribution in [-0.2, 0) is 9.59 Å². The molecule has 8 heteroatoms. The van der Waals surface area contributed by atoms with Crippen molar-refractivity contribution in [2.75, 3.05) is 20.8 Å². The standard InChI is InChI=1S/C23H30N2O6/c1-15(25-23(27)17(3)31-21-13-9-7-11-19(21)29-5)14-24-22(26)16(2)30-20-12-8-6-10-18(20)28-4/h6-13,15-17H,14H2,1-5H3,(H,24,26)(H,25,27). The maximum atomic E-state index is 12.4. The molecule has 0 fully saturated rings. The number of carbonyl (C=O) groups is 2. The molecule has 2 aromatic rings. The lowest BCUT2D eigenvalue weighted by Crippen LogP contribution is -2.48. The fourth-order valence-electron chi connectivity index (χ4n) is 2.73. The van der Waals surface area contributed by atoms with E-state index in [2.05, 4.69) is 10.6 Å². The molecule has 3 unspecified atom stereocenters. The lowest BCUT2D eigenvalue weighted by Gasteiger charge is -2.21. The molecule has 0 aliphatic carbocycles. The Morgan fingerprint density at radius 3 is 1.61 bits per heavy atom. The van der Waals surface area contributed by atoms with Crippen molar-refractivity contribution in [3.05, 3.63) is 48.5 Å². The number of para-hydroxylation sites is 4. The molecule has 0 aliphatic heterocycles. The van der Waals surface area contributed by atoms with Gasteiger partial charge in [-0.05, 0) is 45.0 Å². The quantitative estimate of drug-likeness (QED) is 0.569. The fourth-order valence-corrected chi connectivity index (χ4v) is 2.73. The third kappa shape index (κ3) is 7.09. The van der Waals surface area contributed by atoms with Crippen LogP contribution in [-0.4, -0.2) is 50.8 Å². The summed E-state index contributed by atoms with van der Waals surface area (Å²) >= 11 is 0. The third-order valence-electron chi connectivity index (χ3n) is 4.46. The molecule has 0 radical (unpaired) electrons. The van der Waals surface area contributed by atoms with E-state index in [0.717, 1.165) is 0 Å². The van der Waals surface area contributed by atoms with Crippen LogP contribution in [0.5, 0.6) is 23.0 Å². The van der Waals surface area contributed by atoms with Gasteiger partial charge in [-0.3, -0.25) is 9.59 Å². The molecule has 8 nitrogen and oxygen atoms in total. The molecule has 168 valence electrons. The summed E-state index contributed by atoms with van der Waals surface area (Å²) < 4.78 is 21.8. The van der Waals surface area contributed by atoms with Gasteiger partial charge in [0.05, 0.1) is 14.2 Å². The Morgan fingerprint density at radius 2 is 1.16 bits per heavy atom. The normalized spacial score (nSPS) is 13.3. The summed E-state index contributed by atoms with van der Waals surface area (Å²) in [7, 11) is 3.08. The molecule has 2 amide bonds. The third-order valence-corrected chi connectivity index (χ3v) is 4.46. The van der Waals surface area contributed by atoms with Crippen LogP contribution < -0.4 is 29.6 Å². The van der Waals surface area contributed by atoms with Gasteiger partial charge in [-0.1, -0.05) is 24.3 Å². The smallest absolute Gasteiger partial charge is 0.261 e. The van der Waals surface area contributed by atoms with Gasteiger partial charge in [0.2, 0.25) is 0 Å². The number of amides is 2. The first-order chi connectivity index (χ1) is 14.8. The summed E-state index contributed by atoms with van der Waals surface area (Å²) in [6.07, 6.45) is -1.46. The maximum absolute atomic E-state index is 12.4. The number of benzene rings is 2. The Balaban J connectivity index is 1.80. The van der Waals surface area contributed by atoms with Crippen molar-refractivity contribution in [2.45, 2.75) is 39.0 Å². The van der Waals surface area contributed by atoms with Crippen LogP contribution in [0.4, 0.5) is 0 Å². The van der Waals surface area contributed by atoms with Crippen LogP contribution in [0.2, 0.25) is 0 Å². The fraction of sp³-hybridized carbons (Fsp3) is 0.391. The number of rotatable bonds is 11. The Kier molecular flexibility index (Phi) is 8.99. The Morgan fingerprint density at radius 1 is 0.742 bits per heavy atom. The van der Waals surface area contributed by atoms with E-state index in [4.69, 9.17) is 18.9 Å². The highest BCUT2D eigenvalue weighted by Crippen LogP contribution is 2.27. The van der Waals surface area contributed by atoms with Gasteiger partial charge in [-0.25, -0.2) is 0 Å². The van der Waals surface area contributed by atoms with E-state index in [9.17, 15) is 9.59 Å². The van der Waals surface area contributed by atoms with E-state index in [1.165, 1.54) is 14.2 Å². The average molecular weight is 431 g/mol. The van der Waals surface area contributed by atoms with Gasteiger partial charge >= 0.3 is 0 Å². The topological polar surface area (TPSA) is 95.1 Å².